The molecule has 40 heavy (non-hydrogen) atoms. The van der Waals surface area contributed by atoms with Crippen LogP contribution in [0.5, 0.6) is 0 Å². The van der Waals surface area contributed by atoms with Gasteiger partial charge in [-0.3, -0.25) is 4.79 Å². The number of hydrogen-bond acceptors (Lipinski definition) is 6. The number of Topliss-reactive ketones (excluding diaryl/α,β-unsaturated/α-hetero) is 1. The van der Waals surface area contributed by atoms with Gasteiger partial charge in [0.05, 0.1) is 12.0 Å². The number of rotatable bonds is 10. The van der Waals surface area contributed by atoms with Crippen molar-refractivity contribution >= 4 is 11.8 Å². The summed E-state index contributed by atoms with van der Waals surface area (Å²) in [4.78, 5) is 27.2. The van der Waals surface area contributed by atoms with Crippen LogP contribution in [0.2, 0.25) is 0 Å². The Morgan fingerprint density at radius 2 is 1.80 bits per heavy atom. The summed E-state index contributed by atoms with van der Waals surface area (Å²) in [7, 11) is 0. The lowest BCUT2D eigenvalue weighted by Crippen LogP contribution is -2.65. The molecule has 0 aliphatic heterocycles. The zero-order valence-electron chi connectivity index (χ0n) is 24.5. The van der Waals surface area contributed by atoms with E-state index in [0.717, 1.165) is 6.42 Å². The van der Waals surface area contributed by atoms with Crippen molar-refractivity contribution in [2.75, 3.05) is 6.61 Å². The number of ketones is 1. The minimum absolute atomic E-state index is 0.0394. The van der Waals surface area contributed by atoms with Crippen molar-refractivity contribution in [3.63, 3.8) is 0 Å². The first-order valence-electron chi connectivity index (χ1n) is 14.8. The number of esters is 1. The first-order chi connectivity index (χ1) is 19.0. The number of carbonyl (C=O) groups is 2. The molecular weight excluding hydrogens is 504 g/mol. The predicted octanol–water partition coefficient (Wildman–Crippen LogP) is 5.17. The van der Waals surface area contributed by atoms with Crippen molar-refractivity contribution in [3.8, 4) is 0 Å². The highest BCUT2D eigenvalue weighted by molar-refractivity contribution is 5.95. The standard InChI is InChI=1S/C34H46O6/c1-6-7-8-9-10-11-12-13-14-15-16-17-27(36)40-31-22(2)20-33-23(3)18-26-28(32(26,4)5)25(30(33)38)19-24(21-35)29(37)34(31,33)39/h10-17,19-20,23,25-26,28-29,31,35,37,39H,6-9,18,21H2,1-5H3/t23-,25+,26-,28+,29-,31+,33+,34+/m1/s1. The fourth-order valence-corrected chi connectivity index (χ4v) is 7.83. The highest BCUT2D eigenvalue weighted by atomic mass is 16.6. The summed E-state index contributed by atoms with van der Waals surface area (Å²) in [6, 6.07) is 0. The van der Waals surface area contributed by atoms with Crippen molar-refractivity contribution in [2.24, 2.45) is 34.5 Å². The molecule has 0 heterocycles. The Labute approximate surface area is 238 Å². The van der Waals surface area contributed by atoms with Crippen LogP contribution in [0.25, 0.3) is 0 Å². The van der Waals surface area contributed by atoms with E-state index in [9.17, 15) is 24.9 Å². The zero-order chi connectivity index (χ0) is 29.3. The van der Waals surface area contributed by atoms with E-state index in [4.69, 9.17) is 4.74 Å². The van der Waals surface area contributed by atoms with Crippen LogP contribution in [0.3, 0.4) is 0 Å². The van der Waals surface area contributed by atoms with Crippen LogP contribution in [0, 0.1) is 34.5 Å². The molecule has 4 aliphatic rings. The molecule has 3 N–H and O–H groups in total. The number of aliphatic hydroxyl groups is 3. The van der Waals surface area contributed by atoms with E-state index in [0.29, 0.717) is 17.9 Å². The van der Waals surface area contributed by atoms with Gasteiger partial charge in [0.2, 0.25) is 0 Å². The Balaban J connectivity index is 1.53. The maximum atomic E-state index is 14.3. The topological polar surface area (TPSA) is 104 Å². The van der Waals surface area contributed by atoms with Crippen molar-refractivity contribution in [1.82, 2.24) is 0 Å². The maximum Gasteiger partial charge on any atom is 0.331 e. The molecule has 4 aliphatic carbocycles. The Morgan fingerprint density at radius 1 is 1.12 bits per heavy atom. The van der Waals surface area contributed by atoms with Gasteiger partial charge >= 0.3 is 5.97 Å². The van der Waals surface area contributed by atoms with E-state index in [1.807, 2.05) is 25.2 Å². The van der Waals surface area contributed by atoms with Crippen molar-refractivity contribution in [1.29, 1.82) is 0 Å². The van der Waals surface area contributed by atoms with Crippen molar-refractivity contribution < 1.29 is 29.6 Å². The third-order valence-corrected chi connectivity index (χ3v) is 10.0. The number of allylic oxidation sites excluding steroid dienone is 8. The van der Waals surface area contributed by atoms with Gasteiger partial charge in [-0.05, 0) is 60.5 Å². The molecule has 0 amide bonds. The number of unbranched alkanes of at least 4 members (excludes halogenated alkanes) is 3. The first-order valence-corrected chi connectivity index (χ1v) is 14.8. The van der Waals surface area contributed by atoms with Gasteiger partial charge < -0.3 is 20.1 Å². The molecule has 0 aromatic carbocycles. The highest BCUT2D eigenvalue weighted by Crippen LogP contribution is 2.71. The van der Waals surface area contributed by atoms with Gasteiger partial charge in [0.1, 0.15) is 6.10 Å². The van der Waals surface area contributed by atoms with E-state index in [1.165, 1.54) is 25.3 Å². The summed E-state index contributed by atoms with van der Waals surface area (Å²) in [6.07, 6.45) is 20.3. The Bertz CT molecular complexity index is 1170. The minimum Gasteiger partial charge on any atom is -0.451 e. The summed E-state index contributed by atoms with van der Waals surface area (Å²) in [6.45, 7) is 9.66. The van der Waals surface area contributed by atoms with Crippen molar-refractivity contribution in [3.05, 3.63) is 71.9 Å². The van der Waals surface area contributed by atoms with Crippen LogP contribution in [-0.4, -0.2) is 51.5 Å². The average molecular weight is 551 g/mol. The summed E-state index contributed by atoms with van der Waals surface area (Å²) in [5, 5.41) is 34.1. The largest absolute Gasteiger partial charge is 0.451 e. The van der Waals surface area contributed by atoms with E-state index in [1.54, 1.807) is 37.3 Å². The number of aliphatic hydroxyl groups excluding tert-OH is 2. The third kappa shape index (κ3) is 4.93. The highest BCUT2D eigenvalue weighted by Gasteiger charge is 2.76. The van der Waals surface area contributed by atoms with Gasteiger partial charge in [-0.25, -0.2) is 4.79 Å². The van der Waals surface area contributed by atoms with E-state index < -0.39 is 41.7 Å². The normalized spacial score (nSPS) is 38.4. The molecule has 2 bridgehead atoms. The van der Waals surface area contributed by atoms with Gasteiger partial charge in [0, 0.05) is 12.0 Å². The molecule has 0 aromatic heterocycles. The summed E-state index contributed by atoms with van der Waals surface area (Å²) < 4.78 is 5.78. The van der Waals surface area contributed by atoms with Gasteiger partial charge in [-0.15, -0.1) is 0 Å². The van der Waals surface area contributed by atoms with Gasteiger partial charge in [0.25, 0.3) is 0 Å². The van der Waals surface area contributed by atoms with Gasteiger partial charge in [0.15, 0.2) is 17.5 Å². The molecule has 0 saturated heterocycles. The van der Waals surface area contributed by atoms with Crippen LogP contribution in [0.4, 0.5) is 0 Å². The van der Waals surface area contributed by atoms with Crippen LogP contribution in [0.1, 0.15) is 66.7 Å². The second-order valence-corrected chi connectivity index (χ2v) is 12.7. The Kier molecular flexibility index (Phi) is 8.94. The first kappa shape index (κ1) is 30.4. The molecule has 8 atom stereocenters. The molecule has 4 rings (SSSR count). The Morgan fingerprint density at radius 3 is 2.48 bits per heavy atom. The third-order valence-electron chi connectivity index (χ3n) is 10.0. The predicted molar refractivity (Wildman–Crippen MR) is 156 cm³/mol. The molecule has 218 valence electrons. The maximum absolute atomic E-state index is 14.3. The van der Waals surface area contributed by atoms with Gasteiger partial charge in [-0.2, -0.15) is 0 Å². The lowest BCUT2D eigenvalue weighted by molar-refractivity contribution is -0.201. The lowest BCUT2D eigenvalue weighted by Gasteiger charge is -2.48. The second kappa shape index (κ2) is 11.8. The number of carbonyl (C=O) groups excluding carboxylic acids is 2. The molecule has 0 aromatic rings. The number of hydrogen-bond donors (Lipinski definition) is 3. The molecule has 0 unspecified atom stereocenters. The summed E-state index contributed by atoms with van der Waals surface area (Å²) >= 11 is 0. The molecule has 0 radical (unpaired) electrons. The number of ether oxygens (including phenoxy) is 1. The van der Waals surface area contributed by atoms with Crippen LogP contribution >= 0.6 is 0 Å². The summed E-state index contributed by atoms with van der Waals surface area (Å²) in [5.41, 5.74) is -2.86. The van der Waals surface area contributed by atoms with Crippen LogP contribution in [-0.2, 0) is 14.3 Å². The fraction of sp³-hybridized carbons (Fsp3) is 0.588. The van der Waals surface area contributed by atoms with E-state index in [-0.39, 0.29) is 28.6 Å². The fourth-order valence-electron chi connectivity index (χ4n) is 7.83. The average Bonchev–Trinajstić information content (AvgIpc) is 3.40. The van der Waals surface area contributed by atoms with Crippen LogP contribution in [0.15, 0.2) is 71.9 Å². The zero-order valence-corrected chi connectivity index (χ0v) is 24.5. The molecular formula is C34H46O6. The van der Waals surface area contributed by atoms with E-state index in [2.05, 4.69) is 26.8 Å². The quantitative estimate of drug-likeness (QED) is 0.114. The molecule has 2 fully saturated rings. The minimum atomic E-state index is -2.12. The smallest absolute Gasteiger partial charge is 0.331 e. The summed E-state index contributed by atoms with van der Waals surface area (Å²) in [5.74, 6) is -1.30. The van der Waals surface area contributed by atoms with E-state index >= 15 is 0 Å². The Hall–Kier alpha value is -2.54. The lowest BCUT2D eigenvalue weighted by atomic mass is 9.59. The van der Waals surface area contributed by atoms with Crippen LogP contribution < -0.4 is 0 Å². The molecule has 2 saturated carbocycles. The second-order valence-electron chi connectivity index (χ2n) is 12.7. The molecule has 6 heteroatoms. The molecule has 1 spiro atoms. The van der Waals surface area contributed by atoms with Gasteiger partial charge in [-0.1, -0.05) is 95.2 Å². The monoisotopic (exact) mass is 550 g/mol. The van der Waals surface area contributed by atoms with Crippen molar-refractivity contribution in [2.45, 2.75) is 84.5 Å². The molecule has 6 nitrogen and oxygen atoms in total. The SMILES string of the molecule is CCCCCC=CC=CC=CC=CC(=O)O[C@H]1C(C)=C[C@]23C(=O)[C@@H](C=C(CO)[C@@H](O)[C@]12O)[C@H]1[C@@H](C[C@H]3C)C1(C)C. The number of fused-ring (bicyclic) bond motifs is 3.